The molecule has 2 N–H and O–H groups in total. The number of sulfonamides is 1. The summed E-state index contributed by atoms with van der Waals surface area (Å²) in [6.07, 6.45) is 0. The van der Waals surface area contributed by atoms with Crippen LogP contribution in [0.1, 0.15) is 27.6 Å². The van der Waals surface area contributed by atoms with Crippen molar-refractivity contribution < 1.29 is 13.5 Å². The number of thiophene rings is 2. The quantitative estimate of drug-likeness (QED) is 0.891. The SMILES string of the molecule is Cc1ccc(C(C)NS(=O)(=O)c2ccc(CO)s2)s1. The van der Waals surface area contributed by atoms with Gasteiger partial charge in [-0.2, -0.15) is 0 Å². The number of aliphatic hydroxyl groups excluding tert-OH is 1. The molecule has 1 unspecified atom stereocenters. The van der Waals surface area contributed by atoms with Crippen LogP contribution in [0.4, 0.5) is 0 Å². The van der Waals surface area contributed by atoms with E-state index >= 15 is 0 Å². The predicted octanol–water partition coefficient (Wildman–Crippen LogP) is 2.65. The Hall–Kier alpha value is -0.730. The number of nitrogens with one attached hydrogen (secondary N) is 1. The molecule has 104 valence electrons. The van der Waals surface area contributed by atoms with E-state index in [2.05, 4.69) is 4.72 Å². The van der Waals surface area contributed by atoms with Gasteiger partial charge in [-0.3, -0.25) is 0 Å². The summed E-state index contributed by atoms with van der Waals surface area (Å²) >= 11 is 2.66. The first-order valence-electron chi connectivity index (χ1n) is 5.70. The van der Waals surface area contributed by atoms with E-state index in [9.17, 15) is 8.42 Å². The second kappa shape index (κ2) is 5.72. The van der Waals surface area contributed by atoms with Crippen LogP contribution in [0, 0.1) is 6.92 Å². The highest BCUT2D eigenvalue weighted by Crippen LogP contribution is 2.26. The van der Waals surface area contributed by atoms with Crippen molar-refractivity contribution in [3.8, 4) is 0 Å². The lowest BCUT2D eigenvalue weighted by atomic mass is 10.3. The van der Waals surface area contributed by atoms with E-state index in [0.717, 1.165) is 21.1 Å². The largest absolute Gasteiger partial charge is 0.391 e. The Labute approximate surface area is 120 Å². The zero-order chi connectivity index (χ0) is 14.0. The molecule has 0 saturated carbocycles. The highest BCUT2D eigenvalue weighted by molar-refractivity contribution is 7.91. The average Bonchev–Trinajstić information content (AvgIpc) is 2.96. The maximum absolute atomic E-state index is 12.2. The molecule has 0 aliphatic carbocycles. The number of hydrogen-bond acceptors (Lipinski definition) is 5. The van der Waals surface area contributed by atoms with Gasteiger partial charge < -0.3 is 5.11 Å². The van der Waals surface area contributed by atoms with Crippen LogP contribution in [0.2, 0.25) is 0 Å². The van der Waals surface area contributed by atoms with E-state index in [4.69, 9.17) is 5.11 Å². The first-order valence-corrected chi connectivity index (χ1v) is 8.82. The van der Waals surface area contributed by atoms with Gasteiger partial charge in [-0.15, -0.1) is 22.7 Å². The zero-order valence-corrected chi connectivity index (χ0v) is 13.0. The zero-order valence-electron chi connectivity index (χ0n) is 10.6. The first-order chi connectivity index (χ1) is 8.92. The Morgan fingerprint density at radius 1 is 1.26 bits per heavy atom. The van der Waals surface area contributed by atoms with E-state index in [1.165, 1.54) is 6.07 Å². The Morgan fingerprint density at radius 3 is 2.53 bits per heavy atom. The summed E-state index contributed by atoms with van der Waals surface area (Å²) < 4.78 is 27.2. The van der Waals surface area contributed by atoms with Gasteiger partial charge in [0.15, 0.2) is 0 Å². The predicted molar refractivity (Wildman–Crippen MR) is 78.0 cm³/mol. The van der Waals surface area contributed by atoms with E-state index in [1.807, 2.05) is 26.0 Å². The lowest BCUT2D eigenvalue weighted by molar-refractivity contribution is 0.285. The fourth-order valence-corrected chi connectivity index (χ4v) is 5.03. The standard InChI is InChI=1S/C12H15NO3S3/c1-8-3-5-11(17-8)9(2)13-19(15,16)12-6-4-10(7-14)18-12/h3-6,9,13-14H,7H2,1-2H3. The first kappa shape index (κ1) is 14.7. The molecule has 4 nitrogen and oxygen atoms in total. The minimum Gasteiger partial charge on any atom is -0.391 e. The van der Waals surface area contributed by atoms with Gasteiger partial charge in [0.2, 0.25) is 0 Å². The summed E-state index contributed by atoms with van der Waals surface area (Å²) in [5.74, 6) is 0. The Bertz CT molecular complexity index is 657. The van der Waals surface area contributed by atoms with Crippen molar-refractivity contribution in [3.63, 3.8) is 0 Å². The molecule has 0 amide bonds. The van der Waals surface area contributed by atoms with Crippen LogP contribution in [0.5, 0.6) is 0 Å². The third kappa shape index (κ3) is 3.43. The number of aryl methyl sites for hydroxylation is 1. The Balaban J connectivity index is 2.17. The van der Waals surface area contributed by atoms with Gasteiger partial charge in [0, 0.05) is 14.6 Å². The molecule has 19 heavy (non-hydrogen) atoms. The molecular weight excluding hydrogens is 302 g/mol. The van der Waals surface area contributed by atoms with Crippen LogP contribution in [-0.2, 0) is 16.6 Å². The maximum atomic E-state index is 12.2. The van der Waals surface area contributed by atoms with Gasteiger partial charge in [-0.1, -0.05) is 0 Å². The molecule has 1 atom stereocenters. The lowest BCUT2D eigenvalue weighted by Crippen LogP contribution is -2.25. The van der Waals surface area contributed by atoms with Gasteiger partial charge >= 0.3 is 0 Å². The highest BCUT2D eigenvalue weighted by Gasteiger charge is 2.21. The third-order valence-corrected chi connectivity index (χ3v) is 6.86. The van der Waals surface area contributed by atoms with Crippen molar-refractivity contribution in [2.45, 2.75) is 30.7 Å². The second-order valence-electron chi connectivity index (χ2n) is 4.17. The molecule has 0 aliphatic heterocycles. The fraction of sp³-hybridized carbons (Fsp3) is 0.333. The summed E-state index contributed by atoms with van der Waals surface area (Å²) in [7, 11) is -3.52. The minimum absolute atomic E-state index is 0.139. The molecule has 0 aromatic carbocycles. The number of hydrogen-bond donors (Lipinski definition) is 2. The van der Waals surface area contributed by atoms with Gasteiger partial charge in [0.05, 0.1) is 12.6 Å². The van der Waals surface area contributed by atoms with Crippen molar-refractivity contribution in [2.24, 2.45) is 0 Å². The van der Waals surface area contributed by atoms with Crippen molar-refractivity contribution >= 4 is 32.7 Å². The monoisotopic (exact) mass is 317 g/mol. The third-order valence-electron chi connectivity index (χ3n) is 2.58. The summed E-state index contributed by atoms with van der Waals surface area (Å²) in [6, 6.07) is 6.79. The Kier molecular flexibility index (Phi) is 4.42. The molecule has 2 heterocycles. The van der Waals surface area contributed by atoms with E-state index < -0.39 is 10.0 Å². The molecule has 0 bridgehead atoms. The molecule has 2 aromatic heterocycles. The topological polar surface area (TPSA) is 66.4 Å². The van der Waals surface area contributed by atoms with Crippen LogP contribution in [-0.4, -0.2) is 13.5 Å². The summed E-state index contributed by atoms with van der Waals surface area (Å²) in [5, 5.41) is 8.98. The van der Waals surface area contributed by atoms with Crippen molar-refractivity contribution in [3.05, 3.63) is 38.9 Å². The van der Waals surface area contributed by atoms with Crippen LogP contribution < -0.4 is 4.72 Å². The van der Waals surface area contributed by atoms with E-state index in [1.54, 1.807) is 17.4 Å². The van der Waals surface area contributed by atoms with Crippen LogP contribution >= 0.6 is 22.7 Å². The van der Waals surface area contributed by atoms with Crippen LogP contribution in [0.25, 0.3) is 0 Å². The second-order valence-corrected chi connectivity index (χ2v) is 8.60. The van der Waals surface area contributed by atoms with Gasteiger partial charge in [-0.05, 0) is 38.1 Å². The molecule has 2 rings (SSSR count). The van der Waals surface area contributed by atoms with Gasteiger partial charge in [0.1, 0.15) is 4.21 Å². The van der Waals surface area contributed by atoms with E-state index in [0.29, 0.717) is 4.88 Å². The molecule has 0 saturated heterocycles. The fourth-order valence-electron chi connectivity index (χ4n) is 1.62. The number of aliphatic hydroxyl groups is 1. The van der Waals surface area contributed by atoms with Crippen molar-refractivity contribution in [1.29, 1.82) is 0 Å². The summed E-state index contributed by atoms with van der Waals surface area (Å²) in [4.78, 5) is 2.78. The summed E-state index contributed by atoms with van der Waals surface area (Å²) in [6.45, 7) is 3.67. The molecule has 0 spiro atoms. The molecule has 0 fully saturated rings. The highest BCUT2D eigenvalue weighted by atomic mass is 32.2. The molecule has 0 aliphatic rings. The maximum Gasteiger partial charge on any atom is 0.250 e. The molecule has 2 aromatic rings. The minimum atomic E-state index is -3.52. The molecule has 0 radical (unpaired) electrons. The Morgan fingerprint density at radius 2 is 2.00 bits per heavy atom. The van der Waals surface area contributed by atoms with Gasteiger partial charge in [-0.25, -0.2) is 13.1 Å². The smallest absolute Gasteiger partial charge is 0.250 e. The normalized spacial score (nSPS) is 13.6. The van der Waals surface area contributed by atoms with Gasteiger partial charge in [0.25, 0.3) is 10.0 Å². The molecule has 7 heteroatoms. The van der Waals surface area contributed by atoms with Crippen LogP contribution in [0.3, 0.4) is 0 Å². The summed E-state index contributed by atoms with van der Waals surface area (Å²) in [5.41, 5.74) is 0. The van der Waals surface area contributed by atoms with E-state index in [-0.39, 0.29) is 16.9 Å². The lowest BCUT2D eigenvalue weighted by Gasteiger charge is -2.11. The molecular formula is C12H15NO3S3. The number of rotatable bonds is 5. The average molecular weight is 317 g/mol. The van der Waals surface area contributed by atoms with Crippen molar-refractivity contribution in [1.82, 2.24) is 4.72 Å². The van der Waals surface area contributed by atoms with Crippen LogP contribution in [0.15, 0.2) is 28.5 Å². The van der Waals surface area contributed by atoms with Crippen molar-refractivity contribution in [2.75, 3.05) is 0 Å².